The number of hydrogen-bond donors (Lipinski definition) is 1. The Hall–Kier alpha value is -0.850. The highest BCUT2D eigenvalue weighted by atomic mass is 16.8. The van der Waals surface area contributed by atoms with Crippen molar-refractivity contribution in [2.45, 2.75) is 44.2 Å². The maximum Gasteiger partial charge on any atom is 0.165 e. The summed E-state index contributed by atoms with van der Waals surface area (Å²) in [5.74, 6) is -0.726. The van der Waals surface area contributed by atoms with E-state index in [0.29, 0.717) is 0 Å². The summed E-state index contributed by atoms with van der Waals surface area (Å²) >= 11 is 0. The largest absolute Gasteiger partial charge is 0.394 e. The number of azide groups is 1. The number of aliphatic hydroxyl groups is 1. The van der Waals surface area contributed by atoms with Gasteiger partial charge in [-0.25, -0.2) is 0 Å². The SMILES string of the molecule is CC1(C)OC2C(N=[N+]=[N-])O[C@H](CO)[C@H]2O1. The standard InChI is InChI=1S/C8H13N3O4/c1-8(2)14-5-4(3-12)13-7(10-11-9)6(5)15-8/h4-7,12H,3H2,1-2H3/t4-,5-,6?,7?/m1/s1. The van der Waals surface area contributed by atoms with Crippen molar-refractivity contribution < 1.29 is 19.3 Å². The van der Waals surface area contributed by atoms with Gasteiger partial charge in [0.1, 0.15) is 18.3 Å². The summed E-state index contributed by atoms with van der Waals surface area (Å²) in [6.45, 7) is 3.36. The van der Waals surface area contributed by atoms with E-state index in [0.717, 1.165) is 0 Å². The van der Waals surface area contributed by atoms with E-state index in [1.54, 1.807) is 13.8 Å². The molecule has 0 aromatic carbocycles. The first kappa shape index (κ1) is 10.7. The van der Waals surface area contributed by atoms with Crippen molar-refractivity contribution >= 4 is 0 Å². The molecular formula is C8H13N3O4. The normalized spacial score (nSPS) is 42.3. The lowest BCUT2D eigenvalue weighted by Crippen LogP contribution is -2.31. The quantitative estimate of drug-likeness (QED) is 0.413. The zero-order valence-corrected chi connectivity index (χ0v) is 8.53. The fourth-order valence-electron chi connectivity index (χ4n) is 1.95. The van der Waals surface area contributed by atoms with Gasteiger partial charge in [0, 0.05) is 4.91 Å². The number of aliphatic hydroxyl groups excluding tert-OH is 1. The second-order valence-electron chi connectivity index (χ2n) is 4.02. The van der Waals surface area contributed by atoms with Crippen LogP contribution in [0.4, 0.5) is 0 Å². The van der Waals surface area contributed by atoms with Gasteiger partial charge in [-0.1, -0.05) is 5.11 Å². The molecule has 0 radical (unpaired) electrons. The molecule has 0 bridgehead atoms. The number of fused-ring (bicyclic) bond motifs is 1. The van der Waals surface area contributed by atoms with Gasteiger partial charge in [0.15, 0.2) is 12.0 Å². The molecule has 7 nitrogen and oxygen atoms in total. The van der Waals surface area contributed by atoms with E-state index >= 15 is 0 Å². The first-order valence-electron chi connectivity index (χ1n) is 4.73. The van der Waals surface area contributed by atoms with E-state index in [-0.39, 0.29) is 12.7 Å². The molecular weight excluding hydrogens is 202 g/mol. The molecule has 0 amide bonds. The van der Waals surface area contributed by atoms with Gasteiger partial charge in [-0.05, 0) is 19.4 Å². The van der Waals surface area contributed by atoms with Crippen molar-refractivity contribution in [1.29, 1.82) is 0 Å². The van der Waals surface area contributed by atoms with Crippen molar-refractivity contribution in [3.8, 4) is 0 Å². The Morgan fingerprint density at radius 2 is 2.07 bits per heavy atom. The number of rotatable bonds is 2. The Kier molecular flexibility index (Phi) is 2.57. The molecule has 7 heteroatoms. The van der Waals surface area contributed by atoms with Gasteiger partial charge in [0.05, 0.1) is 6.61 Å². The van der Waals surface area contributed by atoms with Gasteiger partial charge >= 0.3 is 0 Å². The van der Waals surface area contributed by atoms with Crippen LogP contribution < -0.4 is 0 Å². The van der Waals surface area contributed by atoms with E-state index in [1.807, 2.05) is 0 Å². The minimum atomic E-state index is -0.726. The molecule has 0 aliphatic carbocycles. The molecule has 15 heavy (non-hydrogen) atoms. The summed E-state index contributed by atoms with van der Waals surface area (Å²) < 4.78 is 16.4. The highest BCUT2D eigenvalue weighted by molar-refractivity contribution is 4.96. The van der Waals surface area contributed by atoms with E-state index in [2.05, 4.69) is 10.0 Å². The van der Waals surface area contributed by atoms with Crippen molar-refractivity contribution in [2.75, 3.05) is 6.61 Å². The van der Waals surface area contributed by atoms with Gasteiger partial charge in [-0.15, -0.1) is 0 Å². The summed E-state index contributed by atoms with van der Waals surface area (Å²) in [5, 5.41) is 12.5. The molecule has 2 saturated heterocycles. The number of ether oxygens (including phenoxy) is 3. The monoisotopic (exact) mass is 215 g/mol. The van der Waals surface area contributed by atoms with Crippen LogP contribution in [0.2, 0.25) is 0 Å². The number of nitrogens with zero attached hydrogens (tertiary/aromatic N) is 3. The van der Waals surface area contributed by atoms with E-state index in [1.165, 1.54) is 0 Å². The average Bonchev–Trinajstić information content (AvgIpc) is 2.61. The van der Waals surface area contributed by atoms with Crippen molar-refractivity contribution in [1.82, 2.24) is 0 Å². The zero-order valence-electron chi connectivity index (χ0n) is 8.53. The van der Waals surface area contributed by atoms with Gasteiger partial charge < -0.3 is 19.3 Å². The number of hydrogen-bond acceptors (Lipinski definition) is 5. The van der Waals surface area contributed by atoms with Crippen LogP contribution >= 0.6 is 0 Å². The maximum absolute atomic E-state index is 9.07. The van der Waals surface area contributed by atoms with Crippen LogP contribution in [0.15, 0.2) is 5.11 Å². The third kappa shape index (κ3) is 1.80. The molecule has 0 aromatic rings. The summed E-state index contributed by atoms with van der Waals surface area (Å²) in [7, 11) is 0. The average molecular weight is 215 g/mol. The van der Waals surface area contributed by atoms with Crippen LogP contribution in [-0.2, 0) is 14.2 Å². The Balaban J connectivity index is 2.18. The van der Waals surface area contributed by atoms with Crippen LogP contribution in [0.3, 0.4) is 0 Å². The fraction of sp³-hybridized carbons (Fsp3) is 1.00. The Labute approximate surface area is 86.6 Å². The molecule has 2 rings (SSSR count). The summed E-state index contributed by atoms with van der Waals surface area (Å²) in [6.07, 6.45) is -2.03. The maximum atomic E-state index is 9.07. The molecule has 0 aromatic heterocycles. The smallest absolute Gasteiger partial charge is 0.165 e. The first-order chi connectivity index (χ1) is 7.07. The Bertz CT molecular complexity index is 302. The van der Waals surface area contributed by atoms with Gasteiger partial charge in [0.2, 0.25) is 0 Å². The lowest BCUT2D eigenvalue weighted by atomic mass is 10.1. The Morgan fingerprint density at radius 3 is 2.67 bits per heavy atom. The predicted molar refractivity (Wildman–Crippen MR) is 48.7 cm³/mol. The van der Waals surface area contributed by atoms with Gasteiger partial charge in [-0.2, -0.15) is 0 Å². The molecule has 1 N–H and O–H groups in total. The van der Waals surface area contributed by atoms with E-state index in [4.69, 9.17) is 24.8 Å². The van der Waals surface area contributed by atoms with E-state index < -0.39 is 24.2 Å². The molecule has 2 unspecified atom stereocenters. The molecule has 2 aliphatic rings. The van der Waals surface area contributed by atoms with Crippen LogP contribution in [0, 0.1) is 0 Å². The lowest BCUT2D eigenvalue weighted by molar-refractivity contribution is -0.189. The summed E-state index contributed by atoms with van der Waals surface area (Å²) in [5.41, 5.74) is 8.36. The topological polar surface area (TPSA) is 96.7 Å². The third-order valence-corrected chi connectivity index (χ3v) is 2.47. The van der Waals surface area contributed by atoms with Gasteiger partial charge in [0.25, 0.3) is 0 Å². The molecule has 2 aliphatic heterocycles. The minimum absolute atomic E-state index is 0.182. The fourth-order valence-corrected chi connectivity index (χ4v) is 1.95. The Morgan fingerprint density at radius 1 is 1.40 bits per heavy atom. The highest BCUT2D eigenvalue weighted by Crippen LogP contribution is 2.38. The van der Waals surface area contributed by atoms with Crippen LogP contribution in [-0.4, -0.2) is 42.0 Å². The molecule has 0 spiro atoms. The zero-order chi connectivity index (χ0) is 11.1. The van der Waals surface area contributed by atoms with Crippen LogP contribution in [0.5, 0.6) is 0 Å². The third-order valence-electron chi connectivity index (χ3n) is 2.47. The van der Waals surface area contributed by atoms with Gasteiger partial charge in [-0.3, -0.25) is 0 Å². The van der Waals surface area contributed by atoms with Crippen molar-refractivity contribution in [2.24, 2.45) is 5.11 Å². The second-order valence-corrected chi connectivity index (χ2v) is 4.02. The predicted octanol–water partition coefficient (Wildman–Crippen LogP) is 0.534. The van der Waals surface area contributed by atoms with Crippen LogP contribution in [0.1, 0.15) is 13.8 Å². The molecule has 2 heterocycles. The summed E-state index contributed by atoms with van der Waals surface area (Å²) in [4.78, 5) is 2.68. The first-order valence-corrected chi connectivity index (χ1v) is 4.73. The second kappa shape index (κ2) is 3.62. The highest BCUT2D eigenvalue weighted by Gasteiger charge is 2.54. The van der Waals surface area contributed by atoms with E-state index in [9.17, 15) is 0 Å². The minimum Gasteiger partial charge on any atom is -0.394 e. The molecule has 0 saturated carbocycles. The van der Waals surface area contributed by atoms with Crippen molar-refractivity contribution in [3.05, 3.63) is 10.4 Å². The lowest BCUT2D eigenvalue weighted by Gasteiger charge is -2.21. The molecule has 84 valence electrons. The van der Waals surface area contributed by atoms with Crippen molar-refractivity contribution in [3.63, 3.8) is 0 Å². The molecule has 2 fully saturated rings. The molecule has 4 atom stereocenters. The summed E-state index contributed by atoms with van der Waals surface area (Å²) in [6, 6.07) is 0. The van der Waals surface area contributed by atoms with Crippen LogP contribution in [0.25, 0.3) is 10.4 Å².